The lowest BCUT2D eigenvalue weighted by Gasteiger charge is -2.13. The zero-order valence-corrected chi connectivity index (χ0v) is 9.43. The molecular weight excluding hydrogens is 196 g/mol. The van der Waals surface area contributed by atoms with Crippen molar-refractivity contribution in [3.05, 3.63) is 66.0 Å². The van der Waals surface area contributed by atoms with Crippen molar-refractivity contribution in [3.8, 4) is 0 Å². The van der Waals surface area contributed by atoms with E-state index in [0.29, 0.717) is 6.04 Å². The minimum Gasteiger partial charge on any atom is -0.306 e. The van der Waals surface area contributed by atoms with Crippen LogP contribution in [0.1, 0.15) is 24.1 Å². The first-order valence-corrected chi connectivity index (χ1v) is 5.53. The minimum atomic E-state index is 0.350. The molecule has 0 aliphatic heterocycles. The van der Waals surface area contributed by atoms with E-state index in [4.69, 9.17) is 0 Å². The fourth-order valence-electron chi connectivity index (χ4n) is 1.64. The van der Waals surface area contributed by atoms with Crippen molar-refractivity contribution in [3.63, 3.8) is 0 Å². The van der Waals surface area contributed by atoms with E-state index in [1.165, 1.54) is 11.1 Å². The van der Waals surface area contributed by atoms with Gasteiger partial charge in [-0.05, 0) is 30.2 Å². The van der Waals surface area contributed by atoms with Gasteiger partial charge in [0, 0.05) is 25.0 Å². The highest BCUT2D eigenvalue weighted by Gasteiger charge is 2.03. The van der Waals surface area contributed by atoms with Crippen LogP contribution < -0.4 is 5.32 Å². The molecule has 0 saturated carbocycles. The summed E-state index contributed by atoms with van der Waals surface area (Å²) in [4.78, 5) is 4.02. The number of nitrogens with one attached hydrogen (secondary N) is 1. The maximum atomic E-state index is 4.02. The van der Waals surface area contributed by atoms with Crippen LogP contribution in [-0.2, 0) is 6.54 Å². The molecule has 16 heavy (non-hydrogen) atoms. The third-order valence-electron chi connectivity index (χ3n) is 2.66. The molecule has 2 rings (SSSR count). The van der Waals surface area contributed by atoms with E-state index in [-0.39, 0.29) is 0 Å². The Kier molecular flexibility index (Phi) is 3.67. The molecule has 0 bridgehead atoms. The van der Waals surface area contributed by atoms with Gasteiger partial charge in [-0.25, -0.2) is 0 Å². The molecule has 0 spiro atoms. The first-order valence-electron chi connectivity index (χ1n) is 5.53. The first kappa shape index (κ1) is 10.8. The van der Waals surface area contributed by atoms with Crippen molar-refractivity contribution in [2.45, 2.75) is 19.5 Å². The van der Waals surface area contributed by atoms with E-state index in [0.717, 1.165) is 6.54 Å². The number of pyridine rings is 1. The lowest BCUT2D eigenvalue weighted by atomic mass is 10.1. The molecule has 0 saturated heterocycles. The Labute approximate surface area is 96.4 Å². The number of hydrogen-bond donors (Lipinski definition) is 1. The van der Waals surface area contributed by atoms with Crippen molar-refractivity contribution in [2.75, 3.05) is 0 Å². The van der Waals surface area contributed by atoms with Crippen molar-refractivity contribution >= 4 is 0 Å². The van der Waals surface area contributed by atoms with Crippen LogP contribution in [0.25, 0.3) is 0 Å². The molecule has 2 heteroatoms. The summed E-state index contributed by atoms with van der Waals surface area (Å²) in [6.45, 7) is 3.06. The minimum absolute atomic E-state index is 0.350. The number of hydrogen-bond acceptors (Lipinski definition) is 2. The van der Waals surface area contributed by atoms with Crippen LogP contribution in [-0.4, -0.2) is 4.98 Å². The molecule has 0 radical (unpaired) electrons. The van der Waals surface area contributed by atoms with E-state index in [1.807, 2.05) is 30.6 Å². The first-order chi connectivity index (χ1) is 7.86. The van der Waals surface area contributed by atoms with Gasteiger partial charge in [0.1, 0.15) is 0 Å². The average Bonchev–Trinajstić information content (AvgIpc) is 2.38. The van der Waals surface area contributed by atoms with Gasteiger partial charge in [0.2, 0.25) is 0 Å². The third-order valence-corrected chi connectivity index (χ3v) is 2.66. The van der Waals surface area contributed by atoms with E-state index < -0.39 is 0 Å². The average molecular weight is 212 g/mol. The van der Waals surface area contributed by atoms with Crippen LogP contribution in [0.3, 0.4) is 0 Å². The summed E-state index contributed by atoms with van der Waals surface area (Å²) in [5, 5.41) is 3.49. The van der Waals surface area contributed by atoms with Crippen LogP contribution in [0.15, 0.2) is 54.9 Å². The Morgan fingerprint density at radius 3 is 2.44 bits per heavy atom. The predicted molar refractivity (Wildman–Crippen MR) is 65.9 cm³/mol. The van der Waals surface area contributed by atoms with Crippen LogP contribution in [0, 0.1) is 0 Å². The summed E-state index contributed by atoms with van der Waals surface area (Å²) in [6, 6.07) is 14.9. The van der Waals surface area contributed by atoms with Gasteiger partial charge < -0.3 is 5.32 Å². The molecule has 1 aromatic carbocycles. The molecule has 0 aliphatic rings. The predicted octanol–water partition coefficient (Wildman–Crippen LogP) is 2.93. The van der Waals surface area contributed by atoms with Crippen molar-refractivity contribution in [2.24, 2.45) is 0 Å². The normalized spacial score (nSPS) is 12.3. The Morgan fingerprint density at radius 2 is 1.75 bits per heavy atom. The van der Waals surface area contributed by atoms with E-state index in [9.17, 15) is 0 Å². The van der Waals surface area contributed by atoms with E-state index >= 15 is 0 Å². The topological polar surface area (TPSA) is 24.9 Å². The highest BCUT2D eigenvalue weighted by atomic mass is 14.9. The van der Waals surface area contributed by atoms with Gasteiger partial charge >= 0.3 is 0 Å². The van der Waals surface area contributed by atoms with Crippen LogP contribution in [0.4, 0.5) is 0 Å². The molecule has 0 fully saturated rings. The molecule has 2 aromatic rings. The van der Waals surface area contributed by atoms with Gasteiger partial charge in [0.05, 0.1) is 0 Å². The smallest absolute Gasteiger partial charge is 0.0296 e. The van der Waals surface area contributed by atoms with Gasteiger partial charge in [-0.1, -0.05) is 30.3 Å². The monoisotopic (exact) mass is 212 g/mol. The molecule has 2 nitrogen and oxygen atoms in total. The van der Waals surface area contributed by atoms with Crippen molar-refractivity contribution in [1.82, 2.24) is 10.3 Å². The molecule has 1 unspecified atom stereocenters. The van der Waals surface area contributed by atoms with Gasteiger partial charge in [-0.15, -0.1) is 0 Å². The molecule has 1 N–H and O–H groups in total. The summed E-state index contributed by atoms with van der Waals surface area (Å²) < 4.78 is 0. The maximum Gasteiger partial charge on any atom is 0.0296 e. The van der Waals surface area contributed by atoms with Crippen LogP contribution in [0.5, 0.6) is 0 Å². The number of benzene rings is 1. The maximum absolute atomic E-state index is 4.02. The van der Waals surface area contributed by atoms with Gasteiger partial charge in [-0.3, -0.25) is 4.98 Å². The Morgan fingerprint density at radius 1 is 1.06 bits per heavy atom. The van der Waals surface area contributed by atoms with Gasteiger partial charge in [0.15, 0.2) is 0 Å². The lowest BCUT2D eigenvalue weighted by Crippen LogP contribution is -2.17. The SMILES string of the molecule is CC(NCc1ccccc1)c1ccncc1. The van der Waals surface area contributed by atoms with E-state index in [1.54, 1.807) is 0 Å². The van der Waals surface area contributed by atoms with Crippen LogP contribution in [0.2, 0.25) is 0 Å². The summed E-state index contributed by atoms with van der Waals surface area (Å²) in [5.74, 6) is 0. The molecule has 1 atom stereocenters. The zero-order chi connectivity index (χ0) is 11.2. The molecular formula is C14H16N2. The van der Waals surface area contributed by atoms with E-state index in [2.05, 4.69) is 41.5 Å². The Bertz CT molecular complexity index is 411. The van der Waals surface area contributed by atoms with Gasteiger partial charge in [-0.2, -0.15) is 0 Å². The van der Waals surface area contributed by atoms with Crippen molar-refractivity contribution in [1.29, 1.82) is 0 Å². The van der Waals surface area contributed by atoms with Crippen molar-refractivity contribution < 1.29 is 0 Å². The highest BCUT2D eigenvalue weighted by Crippen LogP contribution is 2.11. The second-order valence-electron chi connectivity index (χ2n) is 3.87. The zero-order valence-electron chi connectivity index (χ0n) is 9.43. The number of aromatic nitrogens is 1. The lowest BCUT2D eigenvalue weighted by molar-refractivity contribution is 0.574. The Hall–Kier alpha value is -1.67. The van der Waals surface area contributed by atoms with Crippen LogP contribution >= 0.6 is 0 Å². The second-order valence-corrected chi connectivity index (χ2v) is 3.87. The summed E-state index contributed by atoms with van der Waals surface area (Å²) in [7, 11) is 0. The number of rotatable bonds is 4. The molecule has 0 amide bonds. The summed E-state index contributed by atoms with van der Waals surface area (Å²) >= 11 is 0. The molecule has 1 heterocycles. The highest BCUT2D eigenvalue weighted by molar-refractivity contribution is 5.17. The molecule has 0 aliphatic carbocycles. The molecule has 82 valence electrons. The van der Waals surface area contributed by atoms with Gasteiger partial charge in [0.25, 0.3) is 0 Å². The largest absolute Gasteiger partial charge is 0.306 e. The molecule has 1 aromatic heterocycles. The fourth-order valence-corrected chi connectivity index (χ4v) is 1.64. The summed E-state index contributed by atoms with van der Waals surface area (Å²) in [6.07, 6.45) is 3.66. The Balaban J connectivity index is 1.92. The third kappa shape index (κ3) is 2.91. The standard InChI is InChI=1S/C14H16N2/c1-12(14-7-9-15-10-8-14)16-11-13-5-3-2-4-6-13/h2-10,12,16H,11H2,1H3. The number of nitrogens with zero attached hydrogens (tertiary/aromatic N) is 1. The summed E-state index contributed by atoms with van der Waals surface area (Å²) in [5.41, 5.74) is 2.58. The quantitative estimate of drug-likeness (QED) is 0.842. The second kappa shape index (κ2) is 5.42. The fraction of sp³-hybridized carbons (Fsp3) is 0.214.